The second-order valence-electron chi connectivity index (χ2n) is 13.3. The molecule has 4 aliphatic rings. The molecule has 8 nitrogen and oxygen atoms in total. The quantitative estimate of drug-likeness (QED) is 0.329. The van der Waals surface area contributed by atoms with Gasteiger partial charge in [-0.3, -0.25) is 19.3 Å². The van der Waals surface area contributed by atoms with Crippen LogP contribution in [0.1, 0.15) is 52.0 Å². The Kier molecular flexibility index (Phi) is 9.37. The number of amides is 3. The first-order valence-electron chi connectivity index (χ1n) is 16.5. The highest BCUT2D eigenvalue weighted by Gasteiger charge is 2.72. The SMILES string of the molecule is CCN(CCCN1C(=O)[C@H]2[C@H](C(=O)Nc3cccc(Cl)c3)[C@H]3C=C[C@@]2(O3)[C@@H]1C(=O)N[C@@H]1CCC[C@@H](C)[C@@H]1C)Cc1ccccc1. The van der Waals surface area contributed by atoms with Crippen molar-refractivity contribution in [3.8, 4) is 0 Å². The standard InChI is InChI=1S/C36H45ClN4O4/c1-4-40(22-25-12-6-5-7-13-25)19-10-20-41-32(34(43)39-28-16-8-11-23(2)24(28)3)36-18-17-29(45-36)30(31(36)35(41)44)33(42)38-27-15-9-14-26(37)21-27/h5-7,9,12-15,17-18,21,23-24,28-32H,4,8,10-11,16,19-20,22H2,1-3H3,(H,38,42)(H,39,43)/t23-,24+,28-,29-,30-,31-,32+,36+/m1/s1. The smallest absolute Gasteiger partial charge is 0.246 e. The van der Waals surface area contributed by atoms with Gasteiger partial charge in [0.2, 0.25) is 17.7 Å². The molecule has 2 bridgehead atoms. The Morgan fingerprint density at radius 3 is 2.64 bits per heavy atom. The number of likely N-dealkylation sites (tertiary alicyclic amines) is 1. The van der Waals surface area contributed by atoms with Gasteiger partial charge < -0.3 is 20.3 Å². The molecule has 1 aliphatic carbocycles. The summed E-state index contributed by atoms with van der Waals surface area (Å²) in [5, 5.41) is 6.80. The van der Waals surface area contributed by atoms with E-state index in [-0.39, 0.29) is 23.8 Å². The molecule has 2 aromatic carbocycles. The number of halogens is 1. The molecule has 1 spiro atoms. The summed E-state index contributed by atoms with van der Waals surface area (Å²) in [4.78, 5) is 46.5. The number of ether oxygens (including phenoxy) is 1. The second-order valence-corrected chi connectivity index (χ2v) is 13.8. The fourth-order valence-corrected chi connectivity index (χ4v) is 8.19. The third kappa shape index (κ3) is 6.17. The molecule has 3 amide bonds. The highest BCUT2D eigenvalue weighted by molar-refractivity contribution is 6.30. The van der Waals surface area contributed by atoms with Crippen LogP contribution in [0.3, 0.4) is 0 Å². The normalized spacial score (nSPS) is 31.8. The van der Waals surface area contributed by atoms with Crippen molar-refractivity contribution in [2.75, 3.05) is 25.0 Å². The molecule has 0 radical (unpaired) electrons. The molecule has 6 rings (SSSR count). The van der Waals surface area contributed by atoms with E-state index in [1.54, 1.807) is 29.2 Å². The van der Waals surface area contributed by atoms with Gasteiger partial charge in [-0.15, -0.1) is 0 Å². The van der Waals surface area contributed by atoms with E-state index >= 15 is 0 Å². The lowest BCUT2D eigenvalue weighted by molar-refractivity contribution is -0.141. The van der Waals surface area contributed by atoms with Gasteiger partial charge in [-0.2, -0.15) is 0 Å². The maximum Gasteiger partial charge on any atom is 0.246 e. The molecule has 0 unspecified atom stereocenters. The van der Waals surface area contributed by atoms with E-state index < -0.39 is 29.6 Å². The van der Waals surface area contributed by atoms with Crippen LogP contribution < -0.4 is 10.6 Å². The van der Waals surface area contributed by atoms with Gasteiger partial charge in [-0.05, 0) is 55.0 Å². The number of carbonyl (C=O) groups excluding carboxylic acids is 3. The van der Waals surface area contributed by atoms with Crippen LogP contribution >= 0.6 is 11.6 Å². The topological polar surface area (TPSA) is 91.0 Å². The van der Waals surface area contributed by atoms with Crippen molar-refractivity contribution in [1.29, 1.82) is 0 Å². The van der Waals surface area contributed by atoms with Crippen molar-refractivity contribution in [1.82, 2.24) is 15.1 Å². The van der Waals surface area contributed by atoms with Crippen LogP contribution in [0.4, 0.5) is 5.69 Å². The Morgan fingerprint density at radius 1 is 1.09 bits per heavy atom. The van der Waals surface area contributed by atoms with Crippen LogP contribution in [0.15, 0.2) is 66.7 Å². The first-order valence-corrected chi connectivity index (χ1v) is 16.9. The third-order valence-corrected chi connectivity index (χ3v) is 10.9. The number of benzene rings is 2. The molecule has 45 heavy (non-hydrogen) atoms. The van der Waals surface area contributed by atoms with Crippen molar-refractivity contribution < 1.29 is 19.1 Å². The van der Waals surface area contributed by atoms with E-state index in [2.05, 4.69) is 48.4 Å². The molecule has 0 aromatic heterocycles. The molecule has 240 valence electrons. The van der Waals surface area contributed by atoms with Gasteiger partial charge in [-0.25, -0.2) is 0 Å². The van der Waals surface area contributed by atoms with Crippen molar-refractivity contribution in [2.24, 2.45) is 23.7 Å². The minimum absolute atomic E-state index is 0.0413. The van der Waals surface area contributed by atoms with Crippen LogP contribution in [-0.2, 0) is 25.7 Å². The van der Waals surface area contributed by atoms with Crippen molar-refractivity contribution >= 4 is 35.0 Å². The van der Waals surface area contributed by atoms with Gasteiger partial charge in [0.15, 0.2) is 0 Å². The van der Waals surface area contributed by atoms with Crippen LogP contribution in [0.5, 0.6) is 0 Å². The number of fused-ring (bicyclic) bond motifs is 1. The molecule has 3 heterocycles. The first-order chi connectivity index (χ1) is 21.7. The number of carbonyl (C=O) groups is 3. The zero-order chi connectivity index (χ0) is 31.7. The minimum atomic E-state index is -1.18. The summed E-state index contributed by atoms with van der Waals surface area (Å²) in [6.45, 7) is 9.45. The Bertz CT molecular complexity index is 1440. The van der Waals surface area contributed by atoms with Gasteiger partial charge in [0, 0.05) is 36.4 Å². The van der Waals surface area contributed by atoms with Gasteiger partial charge in [0.1, 0.15) is 11.6 Å². The third-order valence-electron chi connectivity index (χ3n) is 10.6. The van der Waals surface area contributed by atoms with E-state index in [0.717, 1.165) is 38.9 Å². The van der Waals surface area contributed by atoms with E-state index in [9.17, 15) is 14.4 Å². The lowest BCUT2D eigenvalue weighted by Crippen LogP contribution is -2.58. The van der Waals surface area contributed by atoms with Gasteiger partial charge >= 0.3 is 0 Å². The Morgan fingerprint density at radius 2 is 1.89 bits per heavy atom. The van der Waals surface area contributed by atoms with E-state index in [4.69, 9.17) is 16.3 Å². The number of hydrogen-bond donors (Lipinski definition) is 2. The Hall–Kier alpha value is -3.20. The molecule has 2 N–H and O–H groups in total. The monoisotopic (exact) mass is 632 g/mol. The summed E-state index contributed by atoms with van der Waals surface area (Å²) in [7, 11) is 0. The molecule has 2 aromatic rings. The van der Waals surface area contributed by atoms with Crippen LogP contribution in [0, 0.1) is 23.7 Å². The molecule has 3 fully saturated rings. The number of anilines is 1. The Balaban J connectivity index is 1.24. The molecule has 1 saturated carbocycles. The summed E-state index contributed by atoms with van der Waals surface area (Å²) >= 11 is 6.17. The molecule has 8 atom stereocenters. The van der Waals surface area contributed by atoms with E-state index in [0.29, 0.717) is 35.5 Å². The minimum Gasteiger partial charge on any atom is -0.359 e. The highest BCUT2D eigenvalue weighted by Crippen LogP contribution is 2.55. The summed E-state index contributed by atoms with van der Waals surface area (Å²) < 4.78 is 6.55. The fraction of sp³-hybridized carbons (Fsp3) is 0.528. The number of nitrogens with one attached hydrogen (secondary N) is 2. The summed E-state index contributed by atoms with van der Waals surface area (Å²) in [6.07, 6.45) is 7.00. The maximum atomic E-state index is 14.4. The Labute approximate surface area is 271 Å². The van der Waals surface area contributed by atoms with Crippen molar-refractivity contribution in [2.45, 2.75) is 76.8 Å². The van der Waals surface area contributed by atoms with Gasteiger partial charge in [0.05, 0.1) is 17.9 Å². The number of hydrogen-bond acceptors (Lipinski definition) is 5. The van der Waals surface area contributed by atoms with E-state index in [1.165, 1.54) is 5.56 Å². The zero-order valence-electron chi connectivity index (χ0n) is 26.5. The fourth-order valence-electron chi connectivity index (χ4n) is 8.00. The predicted molar refractivity (Wildman–Crippen MR) is 175 cm³/mol. The molecular formula is C36H45ClN4O4. The van der Waals surface area contributed by atoms with Crippen molar-refractivity contribution in [3.63, 3.8) is 0 Å². The van der Waals surface area contributed by atoms with Crippen molar-refractivity contribution in [3.05, 3.63) is 77.3 Å². The summed E-state index contributed by atoms with van der Waals surface area (Å²) in [5.74, 6) is -1.36. The highest BCUT2D eigenvalue weighted by atomic mass is 35.5. The average Bonchev–Trinajstić information content (AvgIpc) is 3.67. The molecule has 9 heteroatoms. The lowest BCUT2D eigenvalue weighted by Gasteiger charge is -2.38. The van der Waals surface area contributed by atoms with Gasteiger partial charge in [0.25, 0.3) is 0 Å². The maximum absolute atomic E-state index is 14.4. The summed E-state index contributed by atoms with van der Waals surface area (Å²) in [5.41, 5.74) is 0.616. The lowest BCUT2D eigenvalue weighted by atomic mass is 9.73. The molecule has 3 aliphatic heterocycles. The second kappa shape index (κ2) is 13.3. The largest absolute Gasteiger partial charge is 0.359 e. The molecule has 2 saturated heterocycles. The van der Waals surface area contributed by atoms with Crippen LogP contribution in [0.2, 0.25) is 5.02 Å². The van der Waals surface area contributed by atoms with Gasteiger partial charge in [-0.1, -0.05) is 93.8 Å². The van der Waals surface area contributed by atoms with Crippen LogP contribution in [0.25, 0.3) is 0 Å². The van der Waals surface area contributed by atoms with E-state index in [1.807, 2.05) is 30.4 Å². The number of rotatable bonds is 11. The molecular weight excluding hydrogens is 588 g/mol. The van der Waals surface area contributed by atoms with Crippen LogP contribution in [-0.4, -0.2) is 70.9 Å². The predicted octanol–water partition coefficient (Wildman–Crippen LogP) is 5.28. The summed E-state index contributed by atoms with van der Waals surface area (Å²) in [6, 6.07) is 16.5. The average molecular weight is 633 g/mol. The number of nitrogens with zero attached hydrogens (tertiary/aromatic N) is 2. The zero-order valence-corrected chi connectivity index (χ0v) is 27.2. The first kappa shape index (κ1) is 31.8.